The summed E-state index contributed by atoms with van der Waals surface area (Å²) in [6.07, 6.45) is 5.64. The van der Waals surface area contributed by atoms with E-state index < -0.39 is 11.2 Å². The Kier molecular flexibility index (Phi) is 3.74. The number of hydrogen-bond donors (Lipinski definition) is 1. The van der Waals surface area contributed by atoms with Crippen LogP contribution >= 0.6 is 11.6 Å². The topological polar surface area (TPSA) is 35.1 Å². The second-order valence-corrected chi connectivity index (χ2v) is 6.51. The van der Waals surface area contributed by atoms with E-state index in [0.29, 0.717) is 5.02 Å². The van der Waals surface area contributed by atoms with Crippen LogP contribution in [0.15, 0.2) is 47.5 Å². The maximum absolute atomic E-state index is 12.0. The maximum Gasteiger partial charge on any atom is 0.160 e. The van der Waals surface area contributed by atoms with Crippen molar-refractivity contribution in [3.8, 4) is 11.1 Å². The Hall–Kier alpha value is -1.42. The van der Waals surface area contributed by atoms with Gasteiger partial charge < -0.3 is 9.87 Å². The second-order valence-electron chi connectivity index (χ2n) is 4.73. The van der Waals surface area contributed by atoms with Crippen molar-refractivity contribution < 1.29 is 4.55 Å². The van der Waals surface area contributed by atoms with Crippen molar-refractivity contribution in [1.82, 2.24) is 5.32 Å². The fraction of sp³-hybridized carbons (Fsp3) is 0.125. The first-order chi connectivity index (χ1) is 9.65. The summed E-state index contributed by atoms with van der Waals surface area (Å²) in [4.78, 5) is 0.845. The lowest BCUT2D eigenvalue weighted by molar-refractivity contribution is 0.601. The minimum Gasteiger partial charge on any atom is -0.612 e. The minimum absolute atomic E-state index is 0.686. The summed E-state index contributed by atoms with van der Waals surface area (Å²) >= 11 is 5.03. The number of benzene rings is 2. The highest BCUT2D eigenvalue weighted by molar-refractivity contribution is 7.90. The molecule has 2 aromatic rings. The minimum atomic E-state index is -1.04. The van der Waals surface area contributed by atoms with Crippen LogP contribution in [-0.2, 0) is 17.7 Å². The van der Waals surface area contributed by atoms with Gasteiger partial charge in [-0.2, -0.15) is 0 Å². The van der Waals surface area contributed by atoms with E-state index in [0.717, 1.165) is 28.1 Å². The van der Waals surface area contributed by atoms with Gasteiger partial charge in [0.1, 0.15) is 6.26 Å². The third-order valence-corrected chi connectivity index (χ3v) is 4.55. The zero-order valence-electron chi connectivity index (χ0n) is 11.0. The van der Waals surface area contributed by atoms with Gasteiger partial charge in [0, 0.05) is 23.2 Å². The molecular weight excluding hydrogens is 290 g/mol. The second kappa shape index (κ2) is 5.52. The van der Waals surface area contributed by atoms with Gasteiger partial charge in [0.2, 0.25) is 0 Å². The van der Waals surface area contributed by atoms with Gasteiger partial charge in [0.15, 0.2) is 4.90 Å². The molecule has 1 aliphatic rings. The predicted octanol–water partition coefficient (Wildman–Crippen LogP) is 3.82. The molecule has 1 atom stereocenters. The van der Waals surface area contributed by atoms with Crippen LogP contribution in [0.1, 0.15) is 11.1 Å². The lowest BCUT2D eigenvalue weighted by Gasteiger charge is -2.17. The van der Waals surface area contributed by atoms with Crippen LogP contribution in [0.2, 0.25) is 5.02 Å². The maximum atomic E-state index is 12.0. The Labute approximate surface area is 126 Å². The van der Waals surface area contributed by atoms with Crippen LogP contribution in [0.25, 0.3) is 17.2 Å². The Morgan fingerprint density at radius 2 is 2.10 bits per heavy atom. The number of halogens is 1. The van der Waals surface area contributed by atoms with Crippen molar-refractivity contribution in [2.24, 2.45) is 0 Å². The molecule has 0 saturated heterocycles. The van der Waals surface area contributed by atoms with Gasteiger partial charge in [-0.05, 0) is 58.3 Å². The first-order valence-electron chi connectivity index (χ1n) is 6.31. The zero-order chi connectivity index (χ0) is 14.1. The summed E-state index contributed by atoms with van der Waals surface area (Å²) < 4.78 is 12.0. The fourth-order valence-corrected chi connectivity index (χ4v) is 3.36. The summed E-state index contributed by atoms with van der Waals surface area (Å²) in [5.74, 6) is 0. The number of rotatable bonds is 2. The fourth-order valence-electron chi connectivity index (χ4n) is 2.39. The number of nitrogens with one attached hydrogen (secondary N) is 1. The molecule has 0 aliphatic carbocycles. The average molecular weight is 304 g/mol. The molecule has 1 aliphatic heterocycles. The van der Waals surface area contributed by atoms with E-state index in [1.54, 1.807) is 6.26 Å². The molecule has 102 valence electrons. The molecule has 0 amide bonds. The van der Waals surface area contributed by atoms with E-state index in [-0.39, 0.29) is 0 Å². The molecule has 0 aromatic heterocycles. The summed E-state index contributed by atoms with van der Waals surface area (Å²) in [5.41, 5.74) is 4.32. The molecule has 0 fully saturated rings. The SMILES string of the molecule is C[S+]([O-])c1cc2c(cc1-c1cccc(Cl)c1)CNC=C2. The molecule has 2 aromatic carbocycles. The van der Waals surface area contributed by atoms with E-state index in [1.807, 2.05) is 42.6 Å². The first-order valence-corrected chi connectivity index (χ1v) is 8.25. The molecule has 1 N–H and O–H groups in total. The molecule has 0 spiro atoms. The van der Waals surface area contributed by atoms with Crippen molar-refractivity contribution in [2.75, 3.05) is 6.26 Å². The summed E-state index contributed by atoms with van der Waals surface area (Å²) in [6, 6.07) is 11.8. The highest BCUT2D eigenvalue weighted by Crippen LogP contribution is 2.33. The van der Waals surface area contributed by atoms with E-state index in [4.69, 9.17) is 11.6 Å². The van der Waals surface area contributed by atoms with Crippen molar-refractivity contribution in [2.45, 2.75) is 11.4 Å². The third kappa shape index (κ3) is 2.57. The van der Waals surface area contributed by atoms with Gasteiger partial charge in [0.05, 0.1) is 0 Å². The van der Waals surface area contributed by atoms with Crippen molar-refractivity contribution >= 4 is 28.9 Å². The molecule has 0 bridgehead atoms. The highest BCUT2D eigenvalue weighted by Gasteiger charge is 2.18. The van der Waals surface area contributed by atoms with Gasteiger partial charge in [-0.15, -0.1) is 0 Å². The Morgan fingerprint density at radius 3 is 2.85 bits per heavy atom. The van der Waals surface area contributed by atoms with E-state index in [1.165, 1.54) is 5.56 Å². The van der Waals surface area contributed by atoms with E-state index >= 15 is 0 Å². The highest BCUT2D eigenvalue weighted by atomic mass is 35.5. The first kappa shape index (κ1) is 13.6. The molecule has 0 radical (unpaired) electrons. The van der Waals surface area contributed by atoms with Crippen LogP contribution < -0.4 is 5.32 Å². The molecule has 20 heavy (non-hydrogen) atoms. The quantitative estimate of drug-likeness (QED) is 0.856. The largest absolute Gasteiger partial charge is 0.612 e. The Balaban J connectivity index is 2.20. The third-order valence-electron chi connectivity index (χ3n) is 3.36. The van der Waals surface area contributed by atoms with Crippen LogP contribution in [0.3, 0.4) is 0 Å². The zero-order valence-corrected chi connectivity index (χ0v) is 12.6. The van der Waals surface area contributed by atoms with Gasteiger partial charge in [-0.1, -0.05) is 23.7 Å². The van der Waals surface area contributed by atoms with Crippen molar-refractivity contribution in [3.05, 3.63) is 58.7 Å². The van der Waals surface area contributed by atoms with Gasteiger partial charge >= 0.3 is 0 Å². The molecular formula is C16H14ClNOS. The Morgan fingerprint density at radius 1 is 1.25 bits per heavy atom. The molecule has 4 heteroatoms. The van der Waals surface area contributed by atoms with Crippen LogP contribution in [-0.4, -0.2) is 10.8 Å². The molecule has 2 nitrogen and oxygen atoms in total. The number of fused-ring (bicyclic) bond motifs is 1. The van der Waals surface area contributed by atoms with E-state index in [2.05, 4.69) is 11.4 Å². The van der Waals surface area contributed by atoms with E-state index in [9.17, 15) is 4.55 Å². The van der Waals surface area contributed by atoms with Gasteiger partial charge in [-0.25, -0.2) is 0 Å². The molecule has 1 heterocycles. The smallest absolute Gasteiger partial charge is 0.160 e. The van der Waals surface area contributed by atoms with Crippen molar-refractivity contribution in [3.63, 3.8) is 0 Å². The van der Waals surface area contributed by atoms with Gasteiger partial charge in [-0.3, -0.25) is 0 Å². The normalized spacial score (nSPS) is 14.6. The lowest BCUT2D eigenvalue weighted by Crippen LogP contribution is -2.12. The average Bonchev–Trinajstić information content (AvgIpc) is 2.46. The van der Waals surface area contributed by atoms with Gasteiger partial charge in [0.25, 0.3) is 0 Å². The predicted molar refractivity (Wildman–Crippen MR) is 85.1 cm³/mol. The monoisotopic (exact) mass is 303 g/mol. The Bertz CT molecular complexity index is 682. The van der Waals surface area contributed by atoms with Crippen molar-refractivity contribution in [1.29, 1.82) is 0 Å². The number of hydrogen-bond acceptors (Lipinski definition) is 2. The molecule has 1 unspecified atom stereocenters. The standard InChI is InChI=1S/C16H14ClNOS/c1-20(19)16-9-11-5-6-18-10-13(11)8-15(16)12-3-2-4-14(17)7-12/h2-9,18H,10H2,1H3. The van der Waals surface area contributed by atoms with Crippen LogP contribution in [0.5, 0.6) is 0 Å². The molecule has 3 rings (SSSR count). The summed E-state index contributed by atoms with van der Waals surface area (Å²) in [7, 11) is 0. The summed E-state index contributed by atoms with van der Waals surface area (Å²) in [5, 5.41) is 3.88. The lowest BCUT2D eigenvalue weighted by atomic mass is 9.97. The van der Waals surface area contributed by atoms with Crippen LogP contribution in [0, 0.1) is 0 Å². The van der Waals surface area contributed by atoms with Crippen LogP contribution in [0.4, 0.5) is 0 Å². The molecule has 0 saturated carbocycles. The summed E-state index contributed by atoms with van der Waals surface area (Å²) in [6.45, 7) is 0.788.